The second kappa shape index (κ2) is 9.79. The van der Waals surface area contributed by atoms with Crippen LogP contribution in [0.15, 0.2) is 42.7 Å². The number of nitrogens with one attached hydrogen (secondary N) is 1. The molecule has 0 amide bonds. The van der Waals surface area contributed by atoms with Crippen molar-refractivity contribution in [2.45, 2.75) is 12.8 Å². The molecule has 174 valence electrons. The van der Waals surface area contributed by atoms with E-state index < -0.39 is 11.8 Å². The number of aromatic nitrogens is 4. The van der Waals surface area contributed by atoms with Gasteiger partial charge < -0.3 is 15.2 Å². The van der Waals surface area contributed by atoms with E-state index >= 15 is 0 Å². The van der Waals surface area contributed by atoms with Gasteiger partial charge >= 0.3 is 5.97 Å². The second-order valence-corrected chi connectivity index (χ2v) is 8.18. The first-order valence-corrected chi connectivity index (χ1v) is 11.0. The maximum Gasteiger partial charge on any atom is 0.335 e. The Kier molecular flexibility index (Phi) is 6.64. The zero-order valence-corrected chi connectivity index (χ0v) is 19.1. The maximum atomic E-state index is 15.0. The molecule has 0 saturated carbocycles. The number of nitrogens with zero attached hydrogens (tertiary/aromatic N) is 4. The molecule has 0 saturated heterocycles. The largest absolute Gasteiger partial charge is 0.478 e. The lowest BCUT2D eigenvalue weighted by atomic mass is 9.95. The highest BCUT2D eigenvalue weighted by atomic mass is 32.1. The Morgan fingerprint density at radius 1 is 1.32 bits per heavy atom. The van der Waals surface area contributed by atoms with Gasteiger partial charge in [-0.25, -0.2) is 18.9 Å². The number of aromatic carboxylic acids is 1. The van der Waals surface area contributed by atoms with Gasteiger partial charge in [-0.3, -0.25) is 9.78 Å². The lowest BCUT2D eigenvalue weighted by molar-refractivity contribution is -0.126. The van der Waals surface area contributed by atoms with Crippen LogP contribution in [0, 0.1) is 5.82 Å². The zero-order valence-electron chi connectivity index (χ0n) is 18.3. The van der Waals surface area contributed by atoms with Gasteiger partial charge in [-0.1, -0.05) is 11.3 Å². The molecule has 0 radical (unpaired) electrons. The molecule has 3 heterocycles. The Morgan fingerprint density at radius 2 is 2.12 bits per heavy atom. The van der Waals surface area contributed by atoms with Gasteiger partial charge in [-0.05, 0) is 43.2 Å². The molecule has 3 aromatic heterocycles. The van der Waals surface area contributed by atoms with Crippen molar-refractivity contribution in [2.24, 2.45) is 0 Å². The summed E-state index contributed by atoms with van der Waals surface area (Å²) >= 11 is 1.49. The van der Waals surface area contributed by atoms with Gasteiger partial charge in [-0.15, -0.1) is 0 Å². The Hall–Kier alpha value is -4.12. The van der Waals surface area contributed by atoms with Crippen LogP contribution in [0.5, 0.6) is 0 Å². The molecule has 1 aliphatic carbocycles. The van der Waals surface area contributed by atoms with Crippen molar-refractivity contribution < 1.29 is 23.8 Å². The molecule has 34 heavy (non-hydrogen) atoms. The first-order valence-electron chi connectivity index (χ1n) is 10.2. The van der Waals surface area contributed by atoms with Crippen LogP contribution in [-0.2, 0) is 22.4 Å². The molecule has 0 bridgehead atoms. The maximum absolute atomic E-state index is 15.0. The summed E-state index contributed by atoms with van der Waals surface area (Å²) in [6.07, 6.45) is 4.91. The molecule has 4 aromatic rings. The van der Waals surface area contributed by atoms with E-state index in [9.17, 15) is 9.18 Å². The molecule has 1 aromatic carbocycles. The average molecular weight is 482 g/mol. The number of hydrogen-bond donors (Lipinski definition) is 2. The number of carbonyl (C=O) groups excluding carboxylic acids is 1. The summed E-state index contributed by atoms with van der Waals surface area (Å²) in [5.74, 6) is -1.83. The third-order valence-corrected chi connectivity index (χ3v) is 6.30. The molecule has 11 heteroatoms. The van der Waals surface area contributed by atoms with Crippen LogP contribution in [0.1, 0.15) is 21.6 Å². The number of carbonyl (C=O) groups is 2. The summed E-state index contributed by atoms with van der Waals surface area (Å²) in [6.45, 7) is 0.375. The number of carboxylic acids is 1. The Balaban J connectivity index is 0.000000636. The van der Waals surface area contributed by atoms with Gasteiger partial charge in [0.15, 0.2) is 5.13 Å². The highest BCUT2D eigenvalue weighted by Gasteiger charge is 2.30. The predicted octanol–water partition coefficient (Wildman–Crippen LogP) is 3.82. The van der Waals surface area contributed by atoms with E-state index in [0.29, 0.717) is 12.9 Å². The number of benzene rings is 1. The number of thiazole rings is 1. The smallest absolute Gasteiger partial charge is 0.335 e. The van der Waals surface area contributed by atoms with E-state index in [2.05, 4.69) is 20.0 Å². The van der Waals surface area contributed by atoms with Gasteiger partial charge in [0.05, 0.1) is 34.6 Å². The first-order chi connectivity index (χ1) is 16.5. The number of pyridine rings is 1. The highest BCUT2D eigenvalue weighted by molar-refractivity contribution is 7.19. The van der Waals surface area contributed by atoms with E-state index in [1.807, 2.05) is 19.2 Å². The van der Waals surface area contributed by atoms with Crippen molar-refractivity contribution in [3.63, 3.8) is 0 Å². The number of rotatable bonds is 5. The first kappa shape index (κ1) is 23.1. The summed E-state index contributed by atoms with van der Waals surface area (Å²) in [7, 11) is 3.13. The molecule has 0 aliphatic heterocycles. The predicted molar refractivity (Wildman–Crippen MR) is 125 cm³/mol. The third kappa shape index (κ3) is 4.25. The minimum atomic E-state index is -1.18. The fourth-order valence-electron chi connectivity index (χ4n) is 3.70. The fourth-order valence-corrected chi connectivity index (χ4v) is 4.72. The van der Waals surface area contributed by atoms with E-state index in [-0.39, 0.29) is 11.3 Å². The van der Waals surface area contributed by atoms with Crippen LogP contribution < -0.4 is 5.32 Å². The number of carboxylic acid groups (broad SMARTS) is 1. The minimum absolute atomic E-state index is 0.110. The number of aryl methyl sites for hydroxylation is 1. The molecule has 5 rings (SSSR count). The molecule has 2 N–H and O–H groups in total. The van der Waals surface area contributed by atoms with Gasteiger partial charge in [0, 0.05) is 30.6 Å². The van der Waals surface area contributed by atoms with Crippen LogP contribution in [0.4, 0.5) is 9.52 Å². The van der Waals surface area contributed by atoms with Crippen LogP contribution >= 0.6 is 11.3 Å². The normalized spacial score (nSPS) is 11.5. The topological polar surface area (TPSA) is 119 Å². The second-order valence-electron chi connectivity index (χ2n) is 7.18. The molecule has 0 unspecified atom stereocenters. The number of fused-ring (bicyclic) bond motifs is 3. The summed E-state index contributed by atoms with van der Waals surface area (Å²) in [5.41, 5.74) is 4.40. The van der Waals surface area contributed by atoms with Crippen molar-refractivity contribution >= 4 is 28.9 Å². The molecule has 0 fully saturated rings. The molecule has 0 atom stereocenters. The standard InChI is InChI=1S/C21H16FN5O2S.C2H4O2/c1-23-21-25-15-6-5-13-17(12-3-2-8-24-10-12)26-27(18(13)19(15)30-21)16-7-4-11(20(28)29)9-14(16)22;1-4-2-3/h2-4,7-10H,5-6H2,1H3,(H,23,25)(H,28,29);2H,1H3. The number of ether oxygens (including phenoxy) is 1. The van der Waals surface area contributed by atoms with Crippen LogP contribution in [0.2, 0.25) is 0 Å². The molecule has 0 spiro atoms. The number of hydrogen-bond acceptors (Lipinski definition) is 8. The molecule has 9 nitrogen and oxygen atoms in total. The molecular weight excluding hydrogens is 461 g/mol. The van der Waals surface area contributed by atoms with Gasteiger partial charge in [0.2, 0.25) is 0 Å². The summed E-state index contributed by atoms with van der Waals surface area (Å²) in [6, 6.07) is 7.61. The van der Waals surface area contributed by atoms with Crippen molar-refractivity contribution in [1.29, 1.82) is 0 Å². The fraction of sp³-hybridized carbons (Fsp3) is 0.174. The Bertz CT molecular complexity index is 1350. The number of anilines is 1. The number of halogens is 1. The lowest BCUT2D eigenvalue weighted by Crippen LogP contribution is -2.08. The van der Waals surface area contributed by atoms with Crippen LogP contribution in [0.3, 0.4) is 0 Å². The monoisotopic (exact) mass is 481 g/mol. The molecule has 1 aliphatic rings. The third-order valence-electron chi connectivity index (χ3n) is 5.18. The van der Waals surface area contributed by atoms with Crippen molar-refractivity contribution in [2.75, 3.05) is 19.5 Å². The van der Waals surface area contributed by atoms with E-state index in [0.717, 1.165) is 50.7 Å². The Morgan fingerprint density at radius 3 is 2.74 bits per heavy atom. The minimum Gasteiger partial charge on any atom is -0.478 e. The summed E-state index contributed by atoms with van der Waals surface area (Å²) in [4.78, 5) is 29.9. The average Bonchev–Trinajstić information content (AvgIpc) is 3.46. The van der Waals surface area contributed by atoms with Gasteiger partial charge in [-0.2, -0.15) is 5.10 Å². The quantitative estimate of drug-likeness (QED) is 0.413. The van der Waals surface area contributed by atoms with Crippen molar-refractivity contribution in [3.8, 4) is 27.5 Å². The van der Waals surface area contributed by atoms with Crippen molar-refractivity contribution in [1.82, 2.24) is 19.7 Å². The SMILES string of the molecule is CNc1nc2c(s1)-c1c(c(-c3cccnc3)nn1-c1ccc(C(=O)O)cc1F)CC2.COC=O. The van der Waals surface area contributed by atoms with Crippen molar-refractivity contribution in [3.05, 3.63) is 65.4 Å². The number of methoxy groups -OCH3 is 1. The van der Waals surface area contributed by atoms with Crippen LogP contribution in [-0.4, -0.2) is 51.5 Å². The summed E-state index contributed by atoms with van der Waals surface area (Å²) < 4.78 is 20.4. The van der Waals surface area contributed by atoms with Gasteiger partial charge in [0.25, 0.3) is 6.47 Å². The highest BCUT2D eigenvalue weighted by Crippen LogP contribution is 2.44. The molecular formula is C23H20FN5O4S. The van der Waals surface area contributed by atoms with E-state index in [4.69, 9.17) is 15.0 Å². The lowest BCUT2D eigenvalue weighted by Gasteiger charge is -2.14. The summed E-state index contributed by atoms with van der Waals surface area (Å²) in [5, 5.41) is 17.8. The van der Waals surface area contributed by atoms with E-state index in [1.54, 1.807) is 17.1 Å². The zero-order chi connectivity index (χ0) is 24.2. The Labute approximate surface area is 197 Å². The van der Waals surface area contributed by atoms with Gasteiger partial charge in [0.1, 0.15) is 11.5 Å². The van der Waals surface area contributed by atoms with Crippen LogP contribution in [0.25, 0.3) is 27.5 Å². The van der Waals surface area contributed by atoms with E-state index in [1.165, 1.54) is 30.6 Å².